The van der Waals surface area contributed by atoms with Crippen molar-refractivity contribution in [2.45, 2.75) is 23.9 Å². The number of hydrogen-bond donors (Lipinski definition) is 1. The molecule has 0 bridgehead atoms. The predicted octanol–water partition coefficient (Wildman–Crippen LogP) is 4.48. The van der Waals surface area contributed by atoms with Gasteiger partial charge in [-0.15, -0.1) is 0 Å². The second-order valence-electron chi connectivity index (χ2n) is 6.73. The van der Waals surface area contributed by atoms with Gasteiger partial charge in [0, 0.05) is 18.1 Å². The lowest BCUT2D eigenvalue weighted by Gasteiger charge is -2.11. The van der Waals surface area contributed by atoms with Crippen LogP contribution in [0.2, 0.25) is 0 Å². The highest BCUT2D eigenvalue weighted by atomic mass is 32.2. The van der Waals surface area contributed by atoms with E-state index in [0.29, 0.717) is 48.1 Å². The van der Waals surface area contributed by atoms with Gasteiger partial charge in [0.05, 0.1) is 17.6 Å². The fraction of sp³-hybridized carbons (Fsp3) is 0.227. The first-order valence-corrected chi connectivity index (χ1v) is 10.6. The molecule has 0 spiro atoms. The van der Waals surface area contributed by atoms with Crippen molar-refractivity contribution in [1.29, 1.82) is 0 Å². The van der Waals surface area contributed by atoms with E-state index in [1.54, 1.807) is 30.5 Å². The molecule has 0 saturated carbocycles. The smallest absolute Gasteiger partial charge is 0.291 e. The first kappa shape index (κ1) is 21.0. The van der Waals surface area contributed by atoms with E-state index >= 15 is 0 Å². The second kappa shape index (κ2) is 9.74. The highest BCUT2D eigenvalue weighted by Gasteiger charge is 2.17. The first-order chi connectivity index (χ1) is 15.1. The van der Waals surface area contributed by atoms with Crippen LogP contribution in [-0.2, 0) is 11.3 Å². The quantitative estimate of drug-likeness (QED) is 0.306. The molecule has 0 aliphatic rings. The Morgan fingerprint density at radius 3 is 2.84 bits per heavy atom. The van der Waals surface area contributed by atoms with Gasteiger partial charge in [0.25, 0.3) is 5.76 Å². The third kappa shape index (κ3) is 5.11. The Labute approximate surface area is 181 Å². The number of hydrogen-bond acceptors (Lipinski definition) is 5. The maximum Gasteiger partial charge on any atom is 0.291 e. The number of rotatable bonds is 9. The third-order valence-electron chi connectivity index (χ3n) is 4.61. The summed E-state index contributed by atoms with van der Waals surface area (Å²) in [5, 5.41) is 3.93. The van der Waals surface area contributed by atoms with Crippen LogP contribution in [0.15, 0.2) is 66.0 Å². The van der Waals surface area contributed by atoms with Gasteiger partial charge >= 0.3 is 0 Å². The number of carbonyl (C=O) groups excluding carboxylic acids is 1. The number of amides is 1. The van der Waals surface area contributed by atoms with Crippen molar-refractivity contribution < 1.29 is 18.3 Å². The predicted molar refractivity (Wildman–Crippen MR) is 116 cm³/mol. The Morgan fingerprint density at radius 1 is 1.13 bits per heavy atom. The average molecular weight is 442 g/mol. The minimum atomic E-state index is -2.61. The van der Waals surface area contributed by atoms with E-state index in [1.807, 2.05) is 30.3 Å². The summed E-state index contributed by atoms with van der Waals surface area (Å²) in [7, 11) is 0. The van der Waals surface area contributed by atoms with E-state index in [0.717, 1.165) is 10.9 Å². The van der Waals surface area contributed by atoms with Crippen LogP contribution in [0.3, 0.4) is 0 Å². The SMILES string of the molecule is O=C(Cn1c(SC(F)F)nc2ccccc21)NCCCOc1cccc2cccnc12. The van der Waals surface area contributed by atoms with Gasteiger partial charge in [-0.25, -0.2) is 4.98 Å². The third-order valence-corrected chi connectivity index (χ3v) is 5.31. The number of carbonyl (C=O) groups is 1. The Balaban J connectivity index is 1.31. The lowest BCUT2D eigenvalue weighted by atomic mass is 10.2. The highest BCUT2D eigenvalue weighted by Crippen LogP contribution is 2.28. The van der Waals surface area contributed by atoms with Gasteiger partial charge < -0.3 is 14.6 Å². The number of halogens is 2. The lowest BCUT2D eigenvalue weighted by Crippen LogP contribution is -2.29. The molecule has 0 aliphatic heterocycles. The molecule has 0 radical (unpaired) electrons. The van der Waals surface area contributed by atoms with Crippen molar-refractivity contribution in [1.82, 2.24) is 19.9 Å². The maximum atomic E-state index is 12.9. The molecule has 2 aromatic heterocycles. The molecule has 0 saturated heterocycles. The topological polar surface area (TPSA) is 69.0 Å². The van der Waals surface area contributed by atoms with Gasteiger partial charge in [-0.3, -0.25) is 9.78 Å². The molecule has 0 fully saturated rings. The number of thioether (sulfide) groups is 1. The Morgan fingerprint density at radius 2 is 1.97 bits per heavy atom. The number of aromatic nitrogens is 3. The van der Waals surface area contributed by atoms with E-state index in [-0.39, 0.29) is 17.6 Å². The van der Waals surface area contributed by atoms with E-state index in [4.69, 9.17) is 4.74 Å². The van der Waals surface area contributed by atoms with Gasteiger partial charge in [-0.05, 0) is 42.4 Å². The molecule has 1 N–H and O–H groups in total. The normalized spacial score (nSPS) is 11.3. The second-order valence-corrected chi connectivity index (χ2v) is 7.69. The standard InChI is InChI=1S/C22H20F2N4O2S/c23-21(24)31-22-27-16-8-1-2-9-17(16)28(22)14-19(29)25-12-5-13-30-18-10-3-6-15-7-4-11-26-20(15)18/h1-4,6-11,21H,5,12-14H2,(H,25,29). The van der Waals surface area contributed by atoms with Crippen LogP contribution >= 0.6 is 11.8 Å². The van der Waals surface area contributed by atoms with Crippen molar-refractivity contribution >= 4 is 39.6 Å². The molecule has 31 heavy (non-hydrogen) atoms. The summed E-state index contributed by atoms with van der Waals surface area (Å²) in [4.78, 5) is 21.0. The summed E-state index contributed by atoms with van der Waals surface area (Å²) in [6, 6.07) is 16.6. The molecule has 0 atom stereocenters. The highest BCUT2D eigenvalue weighted by molar-refractivity contribution is 7.99. The molecular weight excluding hydrogens is 422 g/mol. The van der Waals surface area contributed by atoms with Crippen molar-refractivity contribution in [3.8, 4) is 5.75 Å². The van der Waals surface area contributed by atoms with E-state index in [2.05, 4.69) is 15.3 Å². The average Bonchev–Trinajstić information content (AvgIpc) is 3.10. The Hall–Kier alpha value is -3.20. The molecule has 9 heteroatoms. The number of imidazole rings is 1. The molecule has 4 aromatic rings. The van der Waals surface area contributed by atoms with Crippen LogP contribution < -0.4 is 10.1 Å². The minimum Gasteiger partial charge on any atom is -0.491 e. The lowest BCUT2D eigenvalue weighted by molar-refractivity contribution is -0.121. The van der Waals surface area contributed by atoms with Crippen LogP contribution in [0.25, 0.3) is 21.9 Å². The van der Waals surface area contributed by atoms with Crippen LogP contribution in [0.1, 0.15) is 6.42 Å². The summed E-state index contributed by atoms with van der Waals surface area (Å²) < 4.78 is 33.1. The van der Waals surface area contributed by atoms with Gasteiger partial charge in [-0.1, -0.05) is 30.3 Å². The molecule has 4 rings (SSSR count). The minimum absolute atomic E-state index is 0.0797. The number of ether oxygens (including phenoxy) is 1. The number of pyridine rings is 1. The van der Waals surface area contributed by atoms with Crippen LogP contribution in [-0.4, -0.2) is 39.4 Å². The van der Waals surface area contributed by atoms with Crippen LogP contribution in [0, 0.1) is 0 Å². The van der Waals surface area contributed by atoms with Gasteiger partial charge in [-0.2, -0.15) is 8.78 Å². The zero-order chi connectivity index (χ0) is 21.6. The van der Waals surface area contributed by atoms with Crippen molar-refractivity contribution in [2.75, 3.05) is 13.2 Å². The summed E-state index contributed by atoms with van der Waals surface area (Å²) in [5.74, 6) is -2.19. The molecule has 1 amide bonds. The van der Waals surface area contributed by atoms with Gasteiger partial charge in [0.15, 0.2) is 5.16 Å². The van der Waals surface area contributed by atoms with E-state index < -0.39 is 5.76 Å². The Bertz CT molecular complexity index is 1190. The molecule has 2 aromatic carbocycles. The summed E-state index contributed by atoms with van der Waals surface area (Å²) >= 11 is 0.336. The summed E-state index contributed by atoms with van der Waals surface area (Å²) in [6.45, 7) is 0.737. The van der Waals surface area contributed by atoms with Gasteiger partial charge in [0.2, 0.25) is 5.91 Å². The van der Waals surface area contributed by atoms with Crippen LogP contribution in [0.5, 0.6) is 5.75 Å². The molecule has 0 unspecified atom stereocenters. The number of alkyl halides is 2. The van der Waals surface area contributed by atoms with E-state index in [9.17, 15) is 13.6 Å². The molecule has 2 heterocycles. The molecule has 160 valence electrons. The van der Waals surface area contributed by atoms with E-state index in [1.165, 1.54) is 4.57 Å². The molecular formula is C22H20F2N4O2S. The number of nitrogens with one attached hydrogen (secondary N) is 1. The summed E-state index contributed by atoms with van der Waals surface area (Å²) in [6.07, 6.45) is 2.31. The van der Waals surface area contributed by atoms with Crippen molar-refractivity contribution in [3.05, 3.63) is 60.8 Å². The number of fused-ring (bicyclic) bond motifs is 2. The maximum absolute atomic E-state index is 12.9. The summed E-state index contributed by atoms with van der Waals surface area (Å²) in [5.41, 5.74) is 2.02. The molecule has 6 nitrogen and oxygen atoms in total. The largest absolute Gasteiger partial charge is 0.491 e. The Kier molecular flexibility index (Phi) is 6.61. The van der Waals surface area contributed by atoms with Gasteiger partial charge in [0.1, 0.15) is 17.8 Å². The number of nitrogens with zero attached hydrogens (tertiary/aromatic N) is 3. The van der Waals surface area contributed by atoms with Crippen molar-refractivity contribution in [2.24, 2.45) is 0 Å². The fourth-order valence-corrected chi connectivity index (χ4v) is 3.85. The number of para-hydroxylation sites is 3. The zero-order valence-electron chi connectivity index (χ0n) is 16.5. The fourth-order valence-electron chi connectivity index (χ4n) is 3.25. The number of benzene rings is 2. The van der Waals surface area contributed by atoms with Crippen molar-refractivity contribution in [3.63, 3.8) is 0 Å². The van der Waals surface area contributed by atoms with Crippen LogP contribution in [0.4, 0.5) is 8.78 Å². The molecule has 0 aliphatic carbocycles. The zero-order valence-corrected chi connectivity index (χ0v) is 17.3. The first-order valence-electron chi connectivity index (χ1n) is 9.75. The monoisotopic (exact) mass is 442 g/mol.